The normalized spacial score (nSPS) is 15.3. The maximum absolute atomic E-state index is 9.32. The third-order valence-corrected chi connectivity index (χ3v) is 20.3. The van der Waals surface area contributed by atoms with Gasteiger partial charge in [-0.05, 0) is 108 Å². The van der Waals surface area contributed by atoms with Crippen LogP contribution in [-0.4, -0.2) is 13.1 Å². The van der Waals surface area contributed by atoms with Gasteiger partial charge in [-0.1, -0.05) is 207 Å². The van der Waals surface area contributed by atoms with Crippen LogP contribution < -0.4 is 40.2 Å². The molecule has 9 aromatic carbocycles. The summed E-state index contributed by atoms with van der Waals surface area (Å²) in [6.45, 7) is 19.0. The van der Waals surface area contributed by atoms with Gasteiger partial charge in [0.1, 0.15) is 13.9 Å². The third-order valence-electron chi connectivity index (χ3n) is 15.3. The Kier molecular flexibility index (Phi) is 11.3. The SMILES string of the molecule is [2H]c1c([2H])c([2H])c(-c2cccc(-c3cc(C(C)(C)C)cc(C(C)(C)C)c3)c2N2[CH-]N(c3[c-]c(Oc4[c-]c5c(cc4)[Si]4(c6ccccc6-c6ccccc64)c4ccccc4N5c4cc(C([2H])([2H])C(C)C)ccn4)ccc3)c3ccccc32)c([2H])c1[2H].[Pt]. The molecule has 0 saturated carbocycles. The van der Waals surface area contributed by atoms with Crippen molar-refractivity contribution in [1.82, 2.24) is 4.98 Å². The molecule has 13 rings (SSSR count). The topological polar surface area (TPSA) is 31.8 Å². The van der Waals surface area contributed by atoms with Gasteiger partial charge in [0.25, 0.3) is 0 Å². The molecule has 0 amide bonds. The molecular formula is C72H63N4OPtSi-3. The number of hydrogen-bond donors (Lipinski definition) is 0. The van der Waals surface area contributed by atoms with Gasteiger partial charge in [0.05, 0.1) is 6.85 Å². The van der Waals surface area contributed by atoms with E-state index >= 15 is 0 Å². The largest absolute Gasteiger partial charge is 0.509 e. The standard InChI is InChI=1S/C72H63N4OSi.Pt/c1-48(2)40-49-38-39-73-69(41-49)76-63-32-16-19-35-67(63)78(65-33-17-12-26-59(65)60-27-13-18-34-66(60)78)68-37-36-56(46-64(68)76)77-55-25-20-24-54(45-55)74-47-75(62-31-15-14-30-61(62)74)70-57(50-22-10-9-11-23-50)28-21-29-58(70)51-42-52(71(3,4)5)44-53(43-51)72(6,7)8;/h9-39,41-44,47-48H,40H2,1-8H3;/q-3;/i9D,10D,11D,22D,23D,40D2;. The van der Waals surface area contributed by atoms with E-state index in [1.165, 1.54) is 26.7 Å². The summed E-state index contributed by atoms with van der Waals surface area (Å²) >= 11 is 0. The third kappa shape index (κ3) is 8.94. The van der Waals surface area contributed by atoms with Gasteiger partial charge in [-0.3, -0.25) is 0 Å². The first kappa shape index (κ1) is 44.1. The Morgan fingerprint density at radius 1 is 0.570 bits per heavy atom. The Morgan fingerprint density at radius 2 is 1.14 bits per heavy atom. The average molecular weight is 1230 g/mol. The first-order chi connectivity index (χ1) is 40.6. The minimum absolute atomic E-state index is 0. The molecule has 79 heavy (non-hydrogen) atoms. The van der Waals surface area contributed by atoms with E-state index in [9.17, 15) is 5.48 Å². The quantitative estimate of drug-likeness (QED) is 0.106. The van der Waals surface area contributed by atoms with Gasteiger partial charge >= 0.3 is 0 Å². The van der Waals surface area contributed by atoms with E-state index < -0.39 is 32.6 Å². The van der Waals surface area contributed by atoms with E-state index in [4.69, 9.17) is 13.8 Å². The van der Waals surface area contributed by atoms with E-state index in [1.807, 2.05) is 92.1 Å². The van der Waals surface area contributed by atoms with Crippen LogP contribution in [0.3, 0.4) is 0 Å². The van der Waals surface area contributed by atoms with Gasteiger partial charge in [-0.25, -0.2) is 4.98 Å². The van der Waals surface area contributed by atoms with Crippen molar-refractivity contribution in [2.45, 2.75) is 72.6 Å². The molecule has 1 spiro atoms. The number of rotatable bonds is 9. The Labute approximate surface area is 492 Å². The predicted octanol–water partition coefficient (Wildman–Crippen LogP) is 16.1. The predicted molar refractivity (Wildman–Crippen MR) is 328 cm³/mol. The summed E-state index contributed by atoms with van der Waals surface area (Å²) in [7, 11) is -3.05. The summed E-state index contributed by atoms with van der Waals surface area (Å²) in [5, 5.41) is 4.89. The van der Waals surface area contributed by atoms with Crippen LogP contribution in [0.4, 0.5) is 39.9 Å². The number of anilines is 7. The smallest absolute Gasteiger partial charge is 0.135 e. The number of para-hydroxylation sites is 4. The Morgan fingerprint density at radius 3 is 1.80 bits per heavy atom. The molecule has 3 aliphatic heterocycles. The average Bonchev–Trinajstić information content (AvgIpc) is 1.42. The van der Waals surface area contributed by atoms with Crippen LogP contribution in [0.2, 0.25) is 0 Å². The molecule has 0 saturated heterocycles. The molecule has 3 aliphatic rings. The van der Waals surface area contributed by atoms with E-state index in [-0.39, 0.29) is 55.5 Å². The van der Waals surface area contributed by atoms with Crippen molar-refractivity contribution in [3.8, 4) is 44.9 Å². The maximum Gasteiger partial charge on any atom is 0.135 e. The number of nitrogens with zero attached hydrogens (tertiary/aromatic N) is 4. The van der Waals surface area contributed by atoms with Crippen molar-refractivity contribution in [3.05, 3.63) is 248 Å². The molecule has 0 atom stereocenters. The number of ether oxygens (including phenoxy) is 1. The number of aromatic nitrogens is 1. The van der Waals surface area contributed by atoms with Crippen LogP contribution in [0.25, 0.3) is 33.4 Å². The van der Waals surface area contributed by atoms with Gasteiger partial charge in [0.2, 0.25) is 0 Å². The van der Waals surface area contributed by atoms with E-state index in [0.717, 1.165) is 50.2 Å². The fourth-order valence-corrected chi connectivity index (χ4v) is 17.2. The van der Waals surface area contributed by atoms with Crippen molar-refractivity contribution >= 4 is 68.8 Å². The van der Waals surface area contributed by atoms with Crippen LogP contribution in [0.15, 0.2) is 212 Å². The molecule has 0 radical (unpaired) electrons. The second kappa shape index (κ2) is 20.2. The molecule has 1 aromatic heterocycles. The molecule has 7 heteroatoms. The number of benzene rings is 9. The van der Waals surface area contributed by atoms with Crippen LogP contribution in [0.5, 0.6) is 11.5 Å². The molecule has 0 unspecified atom stereocenters. The summed E-state index contributed by atoms with van der Waals surface area (Å²) in [6, 6.07) is 65.9. The summed E-state index contributed by atoms with van der Waals surface area (Å²) in [4.78, 5) is 11.2. The molecule has 10 aromatic rings. The molecular weight excluding hydrogens is 1160 g/mol. The van der Waals surface area contributed by atoms with Gasteiger partial charge in [0, 0.05) is 75.4 Å². The molecule has 0 N–H and O–H groups in total. The molecule has 0 bridgehead atoms. The van der Waals surface area contributed by atoms with Crippen molar-refractivity contribution in [3.63, 3.8) is 0 Å². The molecule has 5 nitrogen and oxygen atoms in total. The van der Waals surface area contributed by atoms with Crippen LogP contribution >= 0.6 is 0 Å². The first-order valence-electron chi connectivity index (χ1n) is 30.3. The summed E-state index contributed by atoms with van der Waals surface area (Å²) in [5.74, 6) is 1.16. The van der Waals surface area contributed by atoms with E-state index in [2.05, 4.69) is 167 Å². The number of hydrogen-bond acceptors (Lipinski definition) is 5. The summed E-state index contributed by atoms with van der Waals surface area (Å²) in [5.41, 5.74) is 11.9. The molecule has 4 heterocycles. The molecule has 394 valence electrons. The van der Waals surface area contributed by atoms with Crippen LogP contribution in [-0.2, 0) is 38.3 Å². The van der Waals surface area contributed by atoms with Crippen molar-refractivity contribution < 1.29 is 35.4 Å². The van der Waals surface area contributed by atoms with Crippen molar-refractivity contribution in [2.75, 3.05) is 14.7 Å². The Balaban J connectivity index is 0.00000724. The van der Waals surface area contributed by atoms with Gasteiger partial charge in [0.15, 0.2) is 0 Å². The minimum atomic E-state index is -3.05. The maximum atomic E-state index is 9.32. The zero-order valence-electron chi connectivity index (χ0n) is 52.5. The molecule has 0 aliphatic carbocycles. The van der Waals surface area contributed by atoms with Crippen molar-refractivity contribution in [2.24, 2.45) is 5.92 Å². The van der Waals surface area contributed by atoms with Crippen LogP contribution in [0, 0.1) is 24.7 Å². The van der Waals surface area contributed by atoms with Crippen molar-refractivity contribution in [1.29, 1.82) is 0 Å². The Bertz CT molecular complexity index is 4260. The summed E-state index contributed by atoms with van der Waals surface area (Å²) in [6.07, 6.45) is 0.0756. The zero-order valence-corrected chi connectivity index (χ0v) is 48.8. The number of pyridine rings is 1. The van der Waals surface area contributed by atoms with Gasteiger partial charge < -0.3 is 19.4 Å². The second-order valence-electron chi connectivity index (χ2n) is 22.8. The first-order valence-corrected chi connectivity index (χ1v) is 28.8. The van der Waals surface area contributed by atoms with Gasteiger partial charge in [-0.15, -0.1) is 47.9 Å². The minimum Gasteiger partial charge on any atom is -0.509 e. The van der Waals surface area contributed by atoms with E-state index in [1.54, 1.807) is 12.3 Å². The molecule has 0 fully saturated rings. The monoisotopic (exact) mass is 1230 g/mol. The zero-order chi connectivity index (χ0) is 59.6. The fraction of sp³-hybridized carbons (Fsp3) is 0.167. The van der Waals surface area contributed by atoms with E-state index in [0.29, 0.717) is 39.8 Å². The number of fused-ring (bicyclic) bond motifs is 10. The Hall–Kier alpha value is -7.76. The fourth-order valence-electron chi connectivity index (χ4n) is 11.8. The van der Waals surface area contributed by atoms with Crippen LogP contribution in [0.1, 0.15) is 81.7 Å². The van der Waals surface area contributed by atoms with Gasteiger partial charge in [-0.2, -0.15) is 12.1 Å². The summed E-state index contributed by atoms with van der Waals surface area (Å²) < 4.78 is 70.1. The second-order valence-corrected chi connectivity index (χ2v) is 26.5.